The second kappa shape index (κ2) is 6.24. The van der Waals surface area contributed by atoms with Crippen LogP contribution in [0.5, 0.6) is 11.5 Å². The molecule has 100 valence electrons. The fourth-order valence-corrected chi connectivity index (χ4v) is 2.00. The zero-order chi connectivity index (χ0) is 13.8. The molecule has 0 radical (unpaired) electrons. The van der Waals surface area contributed by atoms with E-state index in [0.29, 0.717) is 21.5 Å². The van der Waals surface area contributed by atoms with Gasteiger partial charge in [-0.25, -0.2) is 0 Å². The second-order valence-electron chi connectivity index (χ2n) is 4.14. The van der Waals surface area contributed by atoms with Gasteiger partial charge in [0.1, 0.15) is 11.5 Å². The Morgan fingerprint density at radius 2 is 2.00 bits per heavy atom. The van der Waals surface area contributed by atoms with Gasteiger partial charge >= 0.3 is 0 Å². The first-order valence-electron chi connectivity index (χ1n) is 5.85. The monoisotopic (exact) mass is 296 g/mol. The highest BCUT2D eigenvalue weighted by Gasteiger charge is 2.08. The summed E-state index contributed by atoms with van der Waals surface area (Å²) >= 11 is 12.1. The number of nitrogens with zero attached hydrogens (tertiary/aromatic N) is 1. The minimum Gasteiger partial charge on any atom is -0.454 e. The van der Waals surface area contributed by atoms with Crippen molar-refractivity contribution in [3.63, 3.8) is 0 Å². The van der Waals surface area contributed by atoms with Crippen LogP contribution in [-0.2, 0) is 0 Å². The Hall–Kier alpha value is -1.29. The van der Waals surface area contributed by atoms with Crippen LogP contribution in [0.25, 0.3) is 0 Å². The summed E-state index contributed by atoms with van der Waals surface area (Å²) in [6, 6.07) is 7.62. The molecule has 0 fully saturated rings. The molecule has 5 heteroatoms. The molecule has 1 N–H and O–H groups in total. The third-order valence-electron chi connectivity index (χ3n) is 2.80. The molecule has 0 aliphatic carbocycles. The average Bonchev–Trinajstić information content (AvgIpc) is 2.40. The van der Waals surface area contributed by atoms with Crippen molar-refractivity contribution in [2.24, 2.45) is 0 Å². The minimum atomic E-state index is 0.236. The summed E-state index contributed by atoms with van der Waals surface area (Å²) in [6.45, 7) is 2.06. The standard InChI is InChI=1S/C14H14Cl2N2O/c1-9(17-2)10-3-4-14(13(16)5-10)19-12-6-11(15)7-18-8-12/h3-9,17H,1-2H3. The lowest BCUT2D eigenvalue weighted by molar-refractivity contribution is 0.480. The first-order chi connectivity index (χ1) is 9.10. The number of pyridine rings is 1. The summed E-state index contributed by atoms with van der Waals surface area (Å²) < 4.78 is 5.66. The Kier molecular flexibility index (Phi) is 4.64. The highest BCUT2D eigenvalue weighted by molar-refractivity contribution is 6.32. The number of hydrogen-bond donors (Lipinski definition) is 1. The molecule has 0 aliphatic rings. The molecule has 1 atom stereocenters. The predicted octanol–water partition coefficient (Wildman–Crippen LogP) is 4.46. The number of benzene rings is 1. The molecule has 2 aromatic rings. The number of rotatable bonds is 4. The van der Waals surface area contributed by atoms with E-state index in [9.17, 15) is 0 Å². The van der Waals surface area contributed by atoms with Crippen molar-refractivity contribution in [1.29, 1.82) is 0 Å². The van der Waals surface area contributed by atoms with E-state index in [1.165, 1.54) is 0 Å². The number of hydrogen-bond acceptors (Lipinski definition) is 3. The van der Waals surface area contributed by atoms with Gasteiger partial charge in [-0.15, -0.1) is 0 Å². The molecule has 1 heterocycles. The molecule has 0 bridgehead atoms. The first kappa shape index (κ1) is 14.1. The molecule has 1 unspecified atom stereocenters. The molecule has 0 saturated carbocycles. The number of ether oxygens (including phenoxy) is 1. The Labute approximate surface area is 122 Å². The van der Waals surface area contributed by atoms with E-state index in [2.05, 4.69) is 17.2 Å². The summed E-state index contributed by atoms with van der Waals surface area (Å²) in [5, 5.41) is 4.24. The van der Waals surface area contributed by atoms with Gasteiger partial charge in [-0.2, -0.15) is 0 Å². The maximum atomic E-state index is 6.21. The van der Waals surface area contributed by atoms with Crippen molar-refractivity contribution in [1.82, 2.24) is 10.3 Å². The van der Waals surface area contributed by atoms with Gasteiger partial charge < -0.3 is 10.1 Å². The number of aromatic nitrogens is 1. The van der Waals surface area contributed by atoms with Gasteiger partial charge in [0, 0.05) is 18.3 Å². The van der Waals surface area contributed by atoms with E-state index < -0.39 is 0 Å². The van der Waals surface area contributed by atoms with Crippen molar-refractivity contribution in [2.45, 2.75) is 13.0 Å². The Bertz CT molecular complexity index is 575. The minimum absolute atomic E-state index is 0.236. The van der Waals surface area contributed by atoms with Crippen LogP contribution in [-0.4, -0.2) is 12.0 Å². The first-order valence-corrected chi connectivity index (χ1v) is 6.61. The van der Waals surface area contributed by atoms with Gasteiger partial charge in [0.25, 0.3) is 0 Å². The molecule has 0 spiro atoms. The molecule has 3 nitrogen and oxygen atoms in total. The van der Waals surface area contributed by atoms with E-state index in [-0.39, 0.29) is 6.04 Å². The SMILES string of the molecule is CNC(C)c1ccc(Oc2cncc(Cl)c2)c(Cl)c1. The van der Waals surface area contributed by atoms with Crippen LogP contribution < -0.4 is 10.1 Å². The lowest BCUT2D eigenvalue weighted by Gasteiger charge is -2.13. The van der Waals surface area contributed by atoms with Crippen LogP contribution in [0.1, 0.15) is 18.5 Å². The molecular weight excluding hydrogens is 283 g/mol. The zero-order valence-electron chi connectivity index (χ0n) is 10.7. The van der Waals surface area contributed by atoms with Gasteiger partial charge in [0.05, 0.1) is 16.2 Å². The maximum Gasteiger partial charge on any atom is 0.147 e. The molecule has 0 aliphatic heterocycles. The highest BCUT2D eigenvalue weighted by Crippen LogP contribution is 2.32. The van der Waals surface area contributed by atoms with Crippen LogP contribution in [0.3, 0.4) is 0 Å². The van der Waals surface area contributed by atoms with Crippen molar-refractivity contribution in [3.8, 4) is 11.5 Å². The summed E-state index contributed by atoms with van der Waals surface area (Å²) in [5.41, 5.74) is 1.10. The fourth-order valence-electron chi connectivity index (χ4n) is 1.61. The lowest BCUT2D eigenvalue weighted by atomic mass is 10.1. The van der Waals surface area contributed by atoms with E-state index >= 15 is 0 Å². The summed E-state index contributed by atoms with van der Waals surface area (Å²) in [6.07, 6.45) is 3.14. The number of halogens is 2. The van der Waals surface area contributed by atoms with Gasteiger partial charge in [-0.1, -0.05) is 29.3 Å². The highest BCUT2D eigenvalue weighted by atomic mass is 35.5. The Morgan fingerprint density at radius 1 is 1.21 bits per heavy atom. The van der Waals surface area contributed by atoms with Crippen molar-refractivity contribution >= 4 is 23.2 Å². The van der Waals surface area contributed by atoms with E-state index in [0.717, 1.165) is 5.56 Å². The van der Waals surface area contributed by atoms with Gasteiger partial charge in [0.2, 0.25) is 0 Å². The Morgan fingerprint density at radius 3 is 2.63 bits per heavy atom. The molecular formula is C14H14Cl2N2O. The van der Waals surface area contributed by atoms with Gasteiger partial charge in [0.15, 0.2) is 0 Å². The van der Waals surface area contributed by atoms with E-state index in [4.69, 9.17) is 27.9 Å². The normalized spacial score (nSPS) is 12.2. The zero-order valence-corrected chi connectivity index (χ0v) is 12.2. The third kappa shape index (κ3) is 3.60. The fraction of sp³-hybridized carbons (Fsp3) is 0.214. The van der Waals surface area contributed by atoms with Crippen LogP contribution in [0.15, 0.2) is 36.7 Å². The molecule has 0 amide bonds. The molecule has 1 aromatic heterocycles. The number of nitrogens with one attached hydrogen (secondary N) is 1. The van der Waals surface area contributed by atoms with Crippen LogP contribution >= 0.6 is 23.2 Å². The molecule has 19 heavy (non-hydrogen) atoms. The smallest absolute Gasteiger partial charge is 0.147 e. The molecule has 0 saturated heterocycles. The predicted molar refractivity (Wildman–Crippen MR) is 78.2 cm³/mol. The summed E-state index contributed by atoms with van der Waals surface area (Å²) in [7, 11) is 1.90. The average molecular weight is 297 g/mol. The summed E-state index contributed by atoms with van der Waals surface area (Å²) in [5.74, 6) is 1.14. The summed E-state index contributed by atoms with van der Waals surface area (Å²) in [4.78, 5) is 3.96. The topological polar surface area (TPSA) is 34.1 Å². The Balaban J connectivity index is 2.22. The van der Waals surface area contributed by atoms with Crippen molar-refractivity contribution < 1.29 is 4.74 Å². The van der Waals surface area contributed by atoms with E-state index in [1.54, 1.807) is 18.5 Å². The van der Waals surface area contributed by atoms with Gasteiger partial charge in [-0.05, 0) is 31.7 Å². The lowest BCUT2D eigenvalue weighted by Crippen LogP contribution is -2.12. The van der Waals surface area contributed by atoms with Gasteiger partial charge in [-0.3, -0.25) is 4.98 Å². The van der Waals surface area contributed by atoms with E-state index in [1.807, 2.05) is 25.2 Å². The molecule has 1 aromatic carbocycles. The molecule has 2 rings (SSSR count). The van der Waals surface area contributed by atoms with Crippen LogP contribution in [0.2, 0.25) is 10.0 Å². The maximum absolute atomic E-state index is 6.21. The van der Waals surface area contributed by atoms with Crippen LogP contribution in [0, 0.1) is 0 Å². The largest absolute Gasteiger partial charge is 0.454 e. The van der Waals surface area contributed by atoms with Crippen LogP contribution in [0.4, 0.5) is 0 Å². The van der Waals surface area contributed by atoms with Crippen molar-refractivity contribution in [3.05, 3.63) is 52.3 Å². The second-order valence-corrected chi connectivity index (χ2v) is 4.98. The third-order valence-corrected chi connectivity index (χ3v) is 3.30. The van der Waals surface area contributed by atoms with Crippen molar-refractivity contribution in [2.75, 3.05) is 7.05 Å². The quantitative estimate of drug-likeness (QED) is 0.904.